The maximum atomic E-state index is 13.0. The maximum Gasteiger partial charge on any atom is 0.161 e. The number of rotatable bonds is 18. The van der Waals surface area contributed by atoms with Gasteiger partial charge in [0.25, 0.3) is 0 Å². The minimum atomic E-state index is -0.773. The Bertz CT molecular complexity index is 1760. The van der Waals surface area contributed by atoms with Gasteiger partial charge < -0.3 is 30.1 Å². The predicted octanol–water partition coefficient (Wildman–Crippen LogP) is 8.86. The smallest absolute Gasteiger partial charge is 0.161 e. The number of phenolic OH excluding ortho intramolecular Hbond substituents is 1. The van der Waals surface area contributed by atoms with Gasteiger partial charge in [-0.05, 0) is 133 Å². The van der Waals surface area contributed by atoms with E-state index in [1.54, 1.807) is 25.3 Å². The lowest BCUT2D eigenvalue weighted by atomic mass is 9.80. The zero-order valence-electron chi connectivity index (χ0n) is 28.6. The number of carbonyl (C=O) groups excluding carboxylic acids is 1. The third kappa shape index (κ3) is 10.6. The Morgan fingerprint density at radius 1 is 0.857 bits per heavy atom. The quantitative estimate of drug-likeness (QED) is 0.0788. The van der Waals surface area contributed by atoms with Gasteiger partial charge in [0.1, 0.15) is 23.9 Å². The second-order valence-electron chi connectivity index (χ2n) is 13.0. The number of aliphatic hydroxyl groups is 2. The Morgan fingerprint density at radius 2 is 1.65 bits per heavy atom. The van der Waals surface area contributed by atoms with Crippen molar-refractivity contribution >= 4 is 22.2 Å². The van der Waals surface area contributed by atoms with Gasteiger partial charge in [-0.3, -0.25) is 4.79 Å². The second kappa shape index (κ2) is 17.6. The molecule has 4 aromatic rings. The third-order valence-electron chi connectivity index (χ3n) is 9.22. The SMILES string of the molecule is CCNc1cccc(CCCCC2C=CC(O)=CC2CC(O)CC(=O)CCc2ccc(OC)c(OCc3ccc4cc(O)ccc4c3)c2)c1. The summed E-state index contributed by atoms with van der Waals surface area (Å²) < 4.78 is 11.7. The number of ketones is 1. The standard InChI is InChI=1S/C42H49NO6/c1-3-43-36-10-6-8-29(22-36)7-4-5-9-32-15-18-38(45)25-35(32)26-40(47)27-39(46)17-12-30-13-20-41(48-2)42(23-30)49-28-31-11-14-34-24-37(44)19-16-33(34)21-31/h6,8,10-11,13-16,18-25,32,35,40,43-45,47H,3-5,7,9,12,17,26-28H2,1-2H3. The molecule has 0 aliphatic heterocycles. The number of ether oxygens (including phenoxy) is 2. The molecule has 4 aromatic carbocycles. The van der Waals surface area contributed by atoms with Gasteiger partial charge in [-0.1, -0.05) is 48.9 Å². The van der Waals surface area contributed by atoms with Crippen LogP contribution in [0.25, 0.3) is 10.8 Å². The summed E-state index contributed by atoms with van der Waals surface area (Å²) in [7, 11) is 1.60. The Kier molecular flexibility index (Phi) is 12.8. The Morgan fingerprint density at radius 3 is 2.49 bits per heavy atom. The fourth-order valence-corrected chi connectivity index (χ4v) is 6.64. The lowest BCUT2D eigenvalue weighted by Gasteiger charge is -2.27. The topological polar surface area (TPSA) is 108 Å². The van der Waals surface area contributed by atoms with Crippen molar-refractivity contribution in [1.29, 1.82) is 0 Å². The first-order valence-corrected chi connectivity index (χ1v) is 17.4. The van der Waals surface area contributed by atoms with Crippen molar-refractivity contribution in [3.05, 3.63) is 120 Å². The van der Waals surface area contributed by atoms with Gasteiger partial charge in [-0.2, -0.15) is 0 Å². The number of carbonyl (C=O) groups is 1. The van der Waals surface area contributed by atoms with Gasteiger partial charge >= 0.3 is 0 Å². The van der Waals surface area contributed by atoms with Crippen molar-refractivity contribution in [2.45, 2.75) is 71.0 Å². The van der Waals surface area contributed by atoms with Crippen molar-refractivity contribution in [3.63, 3.8) is 0 Å². The highest BCUT2D eigenvalue weighted by atomic mass is 16.5. The van der Waals surface area contributed by atoms with Crippen LogP contribution in [0.15, 0.2) is 103 Å². The van der Waals surface area contributed by atoms with Crippen LogP contribution in [-0.2, 0) is 24.2 Å². The van der Waals surface area contributed by atoms with E-state index in [1.807, 2.05) is 48.5 Å². The number of aliphatic hydroxyl groups excluding tert-OH is 2. The first-order valence-electron chi connectivity index (χ1n) is 17.4. The lowest BCUT2D eigenvalue weighted by molar-refractivity contribution is -0.121. The number of anilines is 1. The number of hydrogen-bond acceptors (Lipinski definition) is 7. The molecular formula is C42H49NO6. The van der Waals surface area contributed by atoms with Gasteiger partial charge in [0.05, 0.1) is 13.2 Å². The summed E-state index contributed by atoms with van der Waals surface area (Å²) in [6.45, 7) is 3.34. The Balaban J connectivity index is 1.08. The first kappa shape index (κ1) is 35.6. The number of nitrogens with one attached hydrogen (secondary N) is 1. The molecule has 1 aliphatic rings. The van der Waals surface area contributed by atoms with Crippen molar-refractivity contribution in [2.24, 2.45) is 11.8 Å². The molecule has 0 saturated carbocycles. The van der Waals surface area contributed by atoms with Crippen LogP contribution in [0.4, 0.5) is 5.69 Å². The van der Waals surface area contributed by atoms with Gasteiger partial charge in [-0.25, -0.2) is 0 Å². The molecule has 1 aliphatic carbocycles. The molecule has 49 heavy (non-hydrogen) atoms. The molecule has 0 aromatic heterocycles. The van der Waals surface area contributed by atoms with Crippen LogP contribution in [0.5, 0.6) is 17.2 Å². The highest BCUT2D eigenvalue weighted by Gasteiger charge is 2.25. The Labute approximate surface area is 289 Å². The number of aromatic hydroxyl groups is 1. The molecule has 0 bridgehead atoms. The number of aryl methyl sites for hydroxylation is 2. The molecule has 0 fully saturated rings. The van der Waals surface area contributed by atoms with Crippen LogP contribution in [0.2, 0.25) is 0 Å². The monoisotopic (exact) mass is 663 g/mol. The van der Waals surface area contributed by atoms with E-state index in [4.69, 9.17) is 9.47 Å². The van der Waals surface area contributed by atoms with Crippen LogP contribution in [0.1, 0.15) is 62.1 Å². The number of benzene rings is 4. The number of fused-ring (bicyclic) bond motifs is 1. The van der Waals surface area contributed by atoms with E-state index < -0.39 is 6.10 Å². The maximum absolute atomic E-state index is 13.0. The third-order valence-corrected chi connectivity index (χ3v) is 9.22. The summed E-state index contributed by atoms with van der Waals surface area (Å²) in [5.41, 5.74) is 4.41. The number of unbranched alkanes of at least 4 members (excludes halogenated alkanes) is 1. The summed E-state index contributed by atoms with van der Waals surface area (Å²) >= 11 is 0. The summed E-state index contributed by atoms with van der Waals surface area (Å²) in [4.78, 5) is 13.0. The number of allylic oxidation sites excluding steroid dienone is 3. The highest BCUT2D eigenvalue weighted by Crippen LogP contribution is 2.32. The van der Waals surface area contributed by atoms with Gasteiger partial charge in [0, 0.05) is 25.1 Å². The second-order valence-corrected chi connectivity index (χ2v) is 13.0. The number of methoxy groups -OCH3 is 1. The zero-order valence-corrected chi connectivity index (χ0v) is 28.6. The lowest BCUT2D eigenvalue weighted by Crippen LogP contribution is -2.23. The highest BCUT2D eigenvalue weighted by molar-refractivity contribution is 5.84. The van der Waals surface area contributed by atoms with E-state index in [9.17, 15) is 20.1 Å². The number of hydrogen-bond donors (Lipinski definition) is 4. The van der Waals surface area contributed by atoms with Gasteiger partial charge in [0.2, 0.25) is 0 Å². The summed E-state index contributed by atoms with van der Waals surface area (Å²) in [5.74, 6) is 1.88. The van der Waals surface area contributed by atoms with Crippen LogP contribution in [0, 0.1) is 11.8 Å². The molecule has 0 radical (unpaired) electrons. The van der Waals surface area contributed by atoms with Crippen LogP contribution in [-0.4, -0.2) is 40.9 Å². The van der Waals surface area contributed by atoms with Crippen LogP contribution < -0.4 is 14.8 Å². The Hall–Kier alpha value is -4.75. The molecule has 258 valence electrons. The van der Waals surface area contributed by atoms with E-state index in [0.29, 0.717) is 37.4 Å². The zero-order chi connectivity index (χ0) is 34.6. The van der Waals surface area contributed by atoms with Crippen LogP contribution in [0.3, 0.4) is 0 Å². The summed E-state index contributed by atoms with van der Waals surface area (Å²) in [6.07, 6.45) is 10.3. The molecular weight excluding hydrogens is 614 g/mol. The normalized spacial score (nSPS) is 16.3. The fraction of sp³-hybridized carbons (Fsp3) is 0.357. The minimum absolute atomic E-state index is 0.00360. The minimum Gasteiger partial charge on any atom is -0.508 e. The largest absolute Gasteiger partial charge is 0.508 e. The van der Waals surface area contributed by atoms with E-state index >= 15 is 0 Å². The molecule has 4 N–H and O–H groups in total. The van der Waals surface area contributed by atoms with E-state index in [-0.39, 0.29) is 35.5 Å². The van der Waals surface area contributed by atoms with E-state index in [2.05, 4.69) is 42.6 Å². The molecule has 0 spiro atoms. The molecule has 0 heterocycles. The first-order chi connectivity index (χ1) is 23.8. The molecule has 0 saturated heterocycles. The fourth-order valence-electron chi connectivity index (χ4n) is 6.64. The predicted molar refractivity (Wildman–Crippen MR) is 197 cm³/mol. The molecule has 3 unspecified atom stereocenters. The van der Waals surface area contributed by atoms with E-state index in [1.165, 1.54) is 5.56 Å². The van der Waals surface area contributed by atoms with Crippen LogP contribution >= 0.6 is 0 Å². The van der Waals surface area contributed by atoms with E-state index in [0.717, 1.165) is 59.8 Å². The van der Waals surface area contributed by atoms with Crippen molar-refractivity contribution in [3.8, 4) is 17.2 Å². The molecule has 7 heteroatoms. The molecule has 3 atom stereocenters. The number of Topliss-reactive ketones (excluding diaryl/α,β-unsaturated/α-hetero) is 1. The average molecular weight is 664 g/mol. The van der Waals surface area contributed by atoms with Crippen molar-refractivity contribution < 1.29 is 29.6 Å². The van der Waals surface area contributed by atoms with Gasteiger partial charge in [-0.15, -0.1) is 0 Å². The van der Waals surface area contributed by atoms with Crippen molar-refractivity contribution in [1.82, 2.24) is 0 Å². The van der Waals surface area contributed by atoms with Crippen molar-refractivity contribution in [2.75, 3.05) is 19.0 Å². The average Bonchev–Trinajstić information content (AvgIpc) is 3.09. The molecule has 5 rings (SSSR count). The number of phenols is 1. The van der Waals surface area contributed by atoms with Gasteiger partial charge in [0.15, 0.2) is 11.5 Å². The molecule has 0 amide bonds. The summed E-state index contributed by atoms with van der Waals surface area (Å²) in [5, 5.41) is 36.2. The summed E-state index contributed by atoms with van der Waals surface area (Å²) in [6, 6.07) is 25.5. The molecule has 7 nitrogen and oxygen atoms in total.